The van der Waals surface area contributed by atoms with Crippen LogP contribution in [0.4, 0.5) is 0 Å². The Balaban J connectivity index is 1.80. The molecule has 0 atom stereocenters. The van der Waals surface area contributed by atoms with Crippen LogP contribution < -0.4 is 5.73 Å². The van der Waals surface area contributed by atoms with Crippen LogP contribution in [0.15, 0.2) is 28.8 Å². The molecule has 4 heteroatoms. The summed E-state index contributed by atoms with van der Waals surface area (Å²) in [5, 5.41) is 4.05. The van der Waals surface area contributed by atoms with Gasteiger partial charge in [-0.15, -0.1) is 0 Å². The monoisotopic (exact) mass is 287 g/mol. The zero-order chi connectivity index (χ0) is 14.9. The standard InChI is InChI=1S/C17H25N3O/c1-2-3-4-5-6-7-8-16-19-17(20-21-16)15-11-9-14(13-18)10-12-15/h9-12H,2-8,13,18H2,1H3. The molecular weight excluding hydrogens is 262 g/mol. The van der Waals surface area contributed by atoms with Gasteiger partial charge in [-0.25, -0.2) is 0 Å². The Morgan fingerprint density at radius 1 is 1.00 bits per heavy atom. The molecule has 0 unspecified atom stereocenters. The van der Waals surface area contributed by atoms with Crippen molar-refractivity contribution in [2.75, 3.05) is 0 Å². The van der Waals surface area contributed by atoms with Crippen molar-refractivity contribution in [2.45, 2.75) is 58.4 Å². The SMILES string of the molecule is CCCCCCCCc1nc(-c2ccc(CN)cc2)no1. The topological polar surface area (TPSA) is 64.9 Å². The van der Waals surface area contributed by atoms with Gasteiger partial charge < -0.3 is 10.3 Å². The third kappa shape index (κ3) is 4.97. The Kier molecular flexibility index (Phi) is 6.41. The molecule has 2 N–H and O–H groups in total. The first-order valence-electron chi connectivity index (χ1n) is 7.95. The lowest BCUT2D eigenvalue weighted by molar-refractivity contribution is 0.373. The van der Waals surface area contributed by atoms with Crippen LogP contribution in [0.1, 0.15) is 56.9 Å². The molecule has 0 aliphatic carbocycles. The van der Waals surface area contributed by atoms with E-state index in [4.69, 9.17) is 10.3 Å². The number of unbranched alkanes of at least 4 members (excludes halogenated alkanes) is 5. The van der Waals surface area contributed by atoms with Gasteiger partial charge in [0, 0.05) is 18.5 Å². The van der Waals surface area contributed by atoms with Gasteiger partial charge in [-0.2, -0.15) is 4.98 Å². The van der Waals surface area contributed by atoms with Gasteiger partial charge in [-0.3, -0.25) is 0 Å². The van der Waals surface area contributed by atoms with Crippen molar-refractivity contribution >= 4 is 0 Å². The van der Waals surface area contributed by atoms with E-state index in [1.54, 1.807) is 0 Å². The summed E-state index contributed by atoms with van der Waals surface area (Å²) in [5.74, 6) is 1.41. The zero-order valence-electron chi connectivity index (χ0n) is 12.8. The molecule has 1 heterocycles. The minimum Gasteiger partial charge on any atom is -0.339 e. The Morgan fingerprint density at radius 2 is 1.71 bits per heavy atom. The predicted molar refractivity (Wildman–Crippen MR) is 84.7 cm³/mol. The van der Waals surface area contributed by atoms with E-state index in [1.165, 1.54) is 32.1 Å². The lowest BCUT2D eigenvalue weighted by Gasteiger charge is -1.98. The summed E-state index contributed by atoms with van der Waals surface area (Å²) in [6, 6.07) is 7.97. The highest BCUT2D eigenvalue weighted by Gasteiger charge is 2.08. The minimum absolute atomic E-state index is 0.551. The van der Waals surface area contributed by atoms with Crippen molar-refractivity contribution in [3.63, 3.8) is 0 Å². The zero-order valence-corrected chi connectivity index (χ0v) is 12.8. The van der Waals surface area contributed by atoms with Crippen LogP contribution >= 0.6 is 0 Å². The number of hydrogen-bond acceptors (Lipinski definition) is 4. The van der Waals surface area contributed by atoms with Crippen LogP contribution in [0.3, 0.4) is 0 Å². The van der Waals surface area contributed by atoms with Crippen LogP contribution in [-0.4, -0.2) is 10.1 Å². The molecular formula is C17H25N3O. The summed E-state index contributed by atoms with van der Waals surface area (Å²) in [7, 11) is 0. The predicted octanol–water partition coefficient (Wildman–Crippen LogP) is 4.10. The maximum atomic E-state index is 5.59. The summed E-state index contributed by atoms with van der Waals surface area (Å²) in [6.45, 7) is 2.79. The van der Waals surface area contributed by atoms with E-state index in [-0.39, 0.29) is 0 Å². The maximum Gasteiger partial charge on any atom is 0.226 e. The van der Waals surface area contributed by atoms with Crippen molar-refractivity contribution in [2.24, 2.45) is 5.73 Å². The summed E-state index contributed by atoms with van der Waals surface area (Å²) in [4.78, 5) is 4.46. The minimum atomic E-state index is 0.551. The number of rotatable bonds is 9. The van der Waals surface area contributed by atoms with Gasteiger partial charge in [0.25, 0.3) is 0 Å². The first-order chi connectivity index (χ1) is 10.3. The summed E-state index contributed by atoms with van der Waals surface area (Å²) in [5.41, 5.74) is 7.67. The van der Waals surface area contributed by atoms with E-state index in [2.05, 4.69) is 17.1 Å². The number of nitrogens with zero attached hydrogens (tertiary/aromatic N) is 2. The van der Waals surface area contributed by atoms with Crippen LogP contribution in [0.2, 0.25) is 0 Å². The molecule has 0 amide bonds. The fraction of sp³-hybridized carbons (Fsp3) is 0.529. The van der Waals surface area contributed by atoms with Crippen LogP contribution in [-0.2, 0) is 13.0 Å². The van der Waals surface area contributed by atoms with E-state index in [0.717, 1.165) is 29.9 Å². The van der Waals surface area contributed by atoms with E-state index in [1.807, 2.05) is 24.3 Å². The third-order valence-corrected chi connectivity index (χ3v) is 3.66. The van der Waals surface area contributed by atoms with E-state index >= 15 is 0 Å². The van der Waals surface area contributed by atoms with Gasteiger partial charge in [-0.1, -0.05) is 68.4 Å². The van der Waals surface area contributed by atoms with Gasteiger partial charge in [0.15, 0.2) is 0 Å². The second-order valence-electron chi connectivity index (χ2n) is 5.43. The van der Waals surface area contributed by atoms with Crippen molar-refractivity contribution in [1.82, 2.24) is 10.1 Å². The number of aromatic nitrogens is 2. The molecule has 0 aliphatic rings. The van der Waals surface area contributed by atoms with Gasteiger partial charge in [0.1, 0.15) is 0 Å². The molecule has 0 aliphatic heterocycles. The fourth-order valence-electron chi connectivity index (χ4n) is 2.32. The molecule has 1 aromatic heterocycles. The molecule has 0 saturated heterocycles. The lowest BCUT2D eigenvalue weighted by Crippen LogP contribution is -1.95. The molecule has 0 spiro atoms. The lowest BCUT2D eigenvalue weighted by atomic mass is 10.1. The molecule has 1 aromatic carbocycles. The molecule has 2 aromatic rings. The highest BCUT2D eigenvalue weighted by atomic mass is 16.5. The normalized spacial score (nSPS) is 11.0. The Morgan fingerprint density at radius 3 is 2.43 bits per heavy atom. The molecule has 0 radical (unpaired) electrons. The number of nitrogens with two attached hydrogens (primary N) is 1. The number of hydrogen-bond donors (Lipinski definition) is 1. The Hall–Kier alpha value is -1.68. The summed E-state index contributed by atoms with van der Waals surface area (Å²) >= 11 is 0. The molecule has 21 heavy (non-hydrogen) atoms. The second-order valence-corrected chi connectivity index (χ2v) is 5.43. The van der Waals surface area contributed by atoms with Crippen LogP contribution in [0, 0.1) is 0 Å². The fourth-order valence-corrected chi connectivity index (χ4v) is 2.32. The molecule has 0 fully saturated rings. The van der Waals surface area contributed by atoms with Crippen LogP contribution in [0.25, 0.3) is 11.4 Å². The average Bonchev–Trinajstić information content (AvgIpc) is 3.00. The number of benzene rings is 1. The molecule has 0 bridgehead atoms. The smallest absolute Gasteiger partial charge is 0.226 e. The highest BCUT2D eigenvalue weighted by Crippen LogP contribution is 2.17. The van der Waals surface area contributed by atoms with Crippen molar-refractivity contribution in [3.8, 4) is 11.4 Å². The quantitative estimate of drug-likeness (QED) is 0.705. The van der Waals surface area contributed by atoms with Gasteiger partial charge in [0.2, 0.25) is 11.7 Å². The maximum absolute atomic E-state index is 5.59. The van der Waals surface area contributed by atoms with Crippen molar-refractivity contribution < 1.29 is 4.52 Å². The Labute approximate surface area is 126 Å². The largest absolute Gasteiger partial charge is 0.339 e. The molecule has 114 valence electrons. The van der Waals surface area contributed by atoms with Gasteiger partial charge >= 0.3 is 0 Å². The first kappa shape index (κ1) is 15.7. The van der Waals surface area contributed by atoms with Gasteiger partial charge in [-0.05, 0) is 12.0 Å². The summed E-state index contributed by atoms with van der Waals surface area (Å²) in [6.07, 6.45) is 8.49. The molecule has 4 nitrogen and oxygen atoms in total. The van der Waals surface area contributed by atoms with Gasteiger partial charge in [0.05, 0.1) is 0 Å². The van der Waals surface area contributed by atoms with E-state index in [0.29, 0.717) is 12.4 Å². The molecule has 2 rings (SSSR count). The third-order valence-electron chi connectivity index (χ3n) is 3.66. The van der Waals surface area contributed by atoms with E-state index < -0.39 is 0 Å². The first-order valence-corrected chi connectivity index (χ1v) is 7.95. The van der Waals surface area contributed by atoms with Crippen LogP contribution in [0.5, 0.6) is 0 Å². The van der Waals surface area contributed by atoms with Crippen molar-refractivity contribution in [1.29, 1.82) is 0 Å². The second kappa shape index (κ2) is 8.57. The Bertz CT molecular complexity index is 519. The average molecular weight is 287 g/mol. The molecule has 0 saturated carbocycles. The van der Waals surface area contributed by atoms with Crippen molar-refractivity contribution in [3.05, 3.63) is 35.7 Å². The van der Waals surface area contributed by atoms with E-state index in [9.17, 15) is 0 Å². The highest BCUT2D eigenvalue weighted by molar-refractivity contribution is 5.54. The summed E-state index contributed by atoms with van der Waals surface area (Å²) < 4.78 is 5.32. The number of aryl methyl sites for hydroxylation is 1.